The molecule has 2 aromatic heterocycles. The minimum atomic E-state index is -0.258. The fourth-order valence-corrected chi connectivity index (χ4v) is 1.79. The Hall–Kier alpha value is -1.68. The normalized spacial score (nSPS) is 11.8. The molecule has 0 bridgehead atoms. The maximum absolute atomic E-state index is 5.99. The summed E-state index contributed by atoms with van der Waals surface area (Å²) >= 11 is 0. The van der Waals surface area contributed by atoms with Crippen molar-refractivity contribution in [2.45, 2.75) is 32.7 Å². The summed E-state index contributed by atoms with van der Waals surface area (Å²) in [7, 11) is 0. The zero-order chi connectivity index (χ0) is 12.5. The van der Waals surface area contributed by atoms with Crippen LogP contribution in [0.3, 0.4) is 0 Å². The van der Waals surface area contributed by atoms with Gasteiger partial charge in [0.1, 0.15) is 11.5 Å². The Labute approximate surface area is 101 Å². The van der Waals surface area contributed by atoms with Crippen LogP contribution in [0.2, 0.25) is 0 Å². The molecule has 0 spiro atoms. The van der Waals surface area contributed by atoms with Crippen molar-refractivity contribution in [3.8, 4) is 11.4 Å². The second-order valence-corrected chi connectivity index (χ2v) is 5.04. The molecule has 0 amide bonds. The summed E-state index contributed by atoms with van der Waals surface area (Å²) in [5, 5.41) is 0. The molecular formula is C13H18N4. The first kappa shape index (κ1) is 11.8. The fraction of sp³-hybridized carbons (Fsp3) is 0.385. The van der Waals surface area contributed by atoms with Crippen molar-refractivity contribution in [1.29, 1.82) is 0 Å². The highest BCUT2D eigenvalue weighted by molar-refractivity contribution is 5.56. The Morgan fingerprint density at radius 1 is 1.35 bits per heavy atom. The second kappa shape index (κ2) is 4.30. The van der Waals surface area contributed by atoms with E-state index in [2.05, 4.69) is 15.0 Å². The maximum Gasteiger partial charge on any atom is 0.110 e. The molecule has 0 unspecified atom stereocenters. The van der Waals surface area contributed by atoms with Gasteiger partial charge in [-0.05, 0) is 32.9 Å². The Bertz CT molecular complexity index is 494. The monoisotopic (exact) mass is 230 g/mol. The van der Waals surface area contributed by atoms with Crippen LogP contribution in [-0.4, -0.2) is 20.5 Å². The lowest BCUT2D eigenvalue weighted by atomic mass is 10.0. The molecule has 0 fully saturated rings. The van der Waals surface area contributed by atoms with Crippen molar-refractivity contribution in [2.75, 3.05) is 0 Å². The van der Waals surface area contributed by atoms with E-state index >= 15 is 0 Å². The number of nitrogens with two attached hydrogens (primary N) is 1. The van der Waals surface area contributed by atoms with Gasteiger partial charge in [-0.3, -0.25) is 4.98 Å². The van der Waals surface area contributed by atoms with Gasteiger partial charge < -0.3 is 10.7 Å². The van der Waals surface area contributed by atoms with E-state index in [4.69, 9.17) is 5.73 Å². The lowest BCUT2D eigenvalue weighted by Gasteiger charge is -2.15. The van der Waals surface area contributed by atoms with Crippen LogP contribution in [0.5, 0.6) is 0 Å². The molecule has 4 heteroatoms. The molecule has 3 N–H and O–H groups in total. The smallest absolute Gasteiger partial charge is 0.110 e. The minimum absolute atomic E-state index is 0.258. The van der Waals surface area contributed by atoms with E-state index in [1.165, 1.54) is 0 Å². The van der Waals surface area contributed by atoms with Crippen molar-refractivity contribution in [3.63, 3.8) is 0 Å². The Balaban J connectivity index is 2.32. The van der Waals surface area contributed by atoms with Gasteiger partial charge in [0.15, 0.2) is 0 Å². The molecule has 0 aromatic carbocycles. The van der Waals surface area contributed by atoms with E-state index < -0.39 is 0 Å². The third kappa shape index (κ3) is 2.91. The zero-order valence-corrected chi connectivity index (χ0v) is 10.5. The van der Waals surface area contributed by atoms with Crippen LogP contribution in [-0.2, 0) is 6.42 Å². The van der Waals surface area contributed by atoms with Crippen molar-refractivity contribution >= 4 is 0 Å². The van der Waals surface area contributed by atoms with E-state index in [-0.39, 0.29) is 5.54 Å². The molecule has 90 valence electrons. The van der Waals surface area contributed by atoms with Gasteiger partial charge in [-0.15, -0.1) is 0 Å². The van der Waals surface area contributed by atoms with E-state index in [0.717, 1.165) is 29.3 Å². The number of imidazole rings is 1. The number of nitrogens with one attached hydrogen (secondary N) is 1. The Morgan fingerprint density at radius 3 is 2.71 bits per heavy atom. The average molecular weight is 230 g/mol. The lowest BCUT2D eigenvalue weighted by Crippen LogP contribution is -2.34. The van der Waals surface area contributed by atoms with Crippen LogP contribution in [0.15, 0.2) is 24.4 Å². The van der Waals surface area contributed by atoms with Gasteiger partial charge in [-0.1, -0.05) is 6.07 Å². The maximum atomic E-state index is 5.99. The fourth-order valence-electron chi connectivity index (χ4n) is 1.79. The molecule has 17 heavy (non-hydrogen) atoms. The molecule has 0 aliphatic carbocycles. The Kier molecular flexibility index (Phi) is 2.98. The largest absolute Gasteiger partial charge is 0.345 e. The number of aromatic nitrogens is 3. The number of nitrogens with zero attached hydrogens (tertiary/aromatic N) is 2. The van der Waals surface area contributed by atoms with Crippen LogP contribution in [0, 0.1) is 6.92 Å². The van der Waals surface area contributed by atoms with Crippen molar-refractivity contribution in [2.24, 2.45) is 5.73 Å². The minimum Gasteiger partial charge on any atom is -0.345 e. The summed E-state index contributed by atoms with van der Waals surface area (Å²) in [6, 6.07) is 5.82. The SMILES string of the molecule is Cc1[nH]c(CC(C)(C)N)nc1-c1ccccn1. The zero-order valence-electron chi connectivity index (χ0n) is 10.5. The number of hydrogen-bond acceptors (Lipinski definition) is 3. The number of aryl methyl sites for hydroxylation is 1. The van der Waals surface area contributed by atoms with Crippen LogP contribution in [0.1, 0.15) is 25.4 Å². The first-order valence-electron chi connectivity index (χ1n) is 5.71. The van der Waals surface area contributed by atoms with Gasteiger partial charge in [0.25, 0.3) is 0 Å². The first-order valence-corrected chi connectivity index (χ1v) is 5.71. The highest BCUT2D eigenvalue weighted by atomic mass is 15.0. The van der Waals surface area contributed by atoms with Crippen molar-refractivity contribution < 1.29 is 0 Å². The molecule has 2 heterocycles. The average Bonchev–Trinajstić information content (AvgIpc) is 2.58. The number of pyridine rings is 1. The molecular weight excluding hydrogens is 212 g/mol. The van der Waals surface area contributed by atoms with Crippen LogP contribution in [0.4, 0.5) is 0 Å². The van der Waals surface area contributed by atoms with Gasteiger partial charge in [0.05, 0.1) is 5.69 Å². The molecule has 4 nitrogen and oxygen atoms in total. The van der Waals surface area contributed by atoms with Gasteiger partial charge >= 0.3 is 0 Å². The van der Waals surface area contributed by atoms with E-state index in [1.807, 2.05) is 39.0 Å². The quantitative estimate of drug-likeness (QED) is 0.848. The summed E-state index contributed by atoms with van der Waals surface area (Å²) in [6.07, 6.45) is 2.50. The molecule has 0 atom stereocenters. The number of hydrogen-bond donors (Lipinski definition) is 2. The molecule has 0 aliphatic rings. The third-order valence-electron chi connectivity index (χ3n) is 2.46. The molecule has 2 rings (SSSR count). The van der Waals surface area contributed by atoms with Gasteiger partial charge in [-0.2, -0.15) is 0 Å². The lowest BCUT2D eigenvalue weighted by molar-refractivity contribution is 0.504. The standard InChI is InChI=1S/C13H18N4/c1-9-12(10-6-4-5-7-15-10)17-11(16-9)8-13(2,3)14/h4-7H,8,14H2,1-3H3,(H,16,17). The number of aromatic amines is 1. The summed E-state index contributed by atoms with van der Waals surface area (Å²) in [5.41, 5.74) is 8.56. The molecule has 0 aliphatic heterocycles. The molecule has 0 saturated carbocycles. The number of rotatable bonds is 3. The van der Waals surface area contributed by atoms with E-state index in [1.54, 1.807) is 6.20 Å². The topological polar surface area (TPSA) is 67.6 Å². The van der Waals surface area contributed by atoms with Gasteiger partial charge in [0, 0.05) is 23.9 Å². The Morgan fingerprint density at radius 2 is 2.12 bits per heavy atom. The van der Waals surface area contributed by atoms with Crippen LogP contribution in [0.25, 0.3) is 11.4 Å². The summed E-state index contributed by atoms with van der Waals surface area (Å²) in [6.45, 7) is 5.99. The summed E-state index contributed by atoms with van der Waals surface area (Å²) < 4.78 is 0. The molecule has 0 radical (unpaired) electrons. The summed E-state index contributed by atoms with van der Waals surface area (Å²) in [4.78, 5) is 12.1. The van der Waals surface area contributed by atoms with Crippen LogP contribution < -0.4 is 5.73 Å². The predicted octanol–water partition coefficient (Wildman–Crippen LogP) is 2.06. The summed E-state index contributed by atoms with van der Waals surface area (Å²) in [5.74, 6) is 0.913. The van der Waals surface area contributed by atoms with Gasteiger partial charge in [-0.25, -0.2) is 4.98 Å². The highest BCUT2D eigenvalue weighted by Crippen LogP contribution is 2.19. The second-order valence-electron chi connectivity index (χ2n) is 5.04. The van der Waals surface area contributed by atoms with Crippen molar-refractivity contribution in [1.82, 2.24) is 15.0 Å². The van der Waals surface area contributed by atoms with E-state index in [9.17, 15) is 0 Å². The van der Waals surface area contributed by atoms with Gasteiger partial charge in [0.2, 0.25) is 0 Å². The van der Waals surface area contributed by atoms with Crippen LogP contribution >= 0.6 is 0 Å². The molecule has 2 aromatic rings. The third-order valence-corrected chi connectivity index (χ3v) is 2.46. The molecule has 0 saturated heterocycles. The first-order chi connectivity index (χ1) is 7.96. The number of H-pyrrole nitrogens is 1. The van der Waals surface area contributed by atoms with E-state index in [0.29, 0.717) is 0 Å². The highest BCUT2D eigenvalue weighted by Gasteiger charge is 2.16. The predicted molar refractivity (Wildman–Crippen MR) is 68.5 cm³/mol. The van der Waals surface area contributed by atoms with Crippen molar-refractivity contribution in [3.05, 3.63) is 35.9 Å².